The van der Waals surface area contributed by atoms with Gasteiger partial charge in [0.15, 0.2) is 6.10 Å². The van der Waals surface area contributed by atoms with Gasteiger partial charge in [0.1, 0.15) is 6.61 Å². The summed E-state index contributed by atoms with van der Waals surface area (Å²) in [5, 5.41) is 0. The quantitative estimate of drug-likeness (QED) is 0.0264. The topological polar surface area (TPSA) is 134 Å². The second kappa shape index (κ2) is 56.5. The van der Waals surface area contributed by atoms with Gasteiger partial charge in [-0.15, -0.1) is 0 Å². The number of rotatable bonds is 57. The summed E-state index contributed by atoms with van der Waals surface area (Å²) in [6.07, 6.45) is 68.1. The average Bonchev–Trinajstić information content (AvgIpc) is 3.35. The highest BCUT2D eigenvalue weighted by Crippen LogP contribution is 2.43. The van der Waals surface area contributed by atoms with Crippen molar-refractivity contribution in [2.75, 3.05) is 26.4 Å². The molecule has 412 valence electrons. The second-order valence-corrected chi connectivity index (χ2v) is 21.7. The summed E-state index contributed by atoms with van der Waals surface area (Å²) in [5.41, 5.74) is 5.37. The molecule has 0 rings (SSSR count). The molecule has 0 aliphatic heterocycles. The minimum absolute atomic E-state index is 0.0510. The predicted octanol–water partition coefficient (Wildman–Crippen LogP) is 18.8. The van der Waals surface area contributed by atoms with Gasteiger partial charge in [-0.2, -0.15) is 0 Å². The summed E-state index contributed by atoms with van der Waals surface area (Å²) in [6.45, 7) is 3.65. The number of phosphoric acid groups is 1. The Hall–Kier alpha value is -1.77. The van der Waals surface area contributed by atoms with Crippen LogP contribution in [-0.4, -0.2) is 49.3 Å². The van der Waals surface area contributed by atoms with Gasteiger partial charge in [0, 0.05) is 19.4 Å². The zero-order valence-corrected chi connectivity index (χ0v) is 46.9. The Kier molecular flexibility index (Phi) is 55.1. The second-order valence-electron chi connectivity index (χ2n) is 20.2. The Labute approximate surface area is 433 Å². The number of carbonyl (C=O) groups is 2. The third kappa shape index (κ3) is 55.5. The zero-order valence-electron chi connectivity index (χ0n) is 46.0. The lowest BCUT2D eigenvalue weighted by atomic mass is 10.0. The van der Waals surface area contributed by atoms with E-state index in [9.17, 15) is 19.0 Å². The van der Waals surface area contributed by atoms with Crippen LogP contribution < -0.4 is 5.73 Å². The van der Waals surface area contributed by atoms with Gasteiger partial charge >= 0.3 is 19.8 Å². The number of esters is 2. The fourth-order valence-electron chi connectivity index (χ4n) is 8.89. The van der Waals surface area contributed by atoms with E-state index < -0.39 is 26.5 Å². The summed E-state index contributed by atoms with van der Waals surface area (Å²) in [7, 11) is -4.39. The number of allylic oxidation sites excluding steroid dienone is 6. The maximum atomic E-state index is 12.6. The van der Waals surface area contributed by atoms with E-state index in [4.69, 9.17) is 24.3 Å². The van der Waals surface area contributed by atoms with Crippen LogP contribution in [0.15, 0.2) is 36.5 Å². The molecule has 0 aliphatic carbocycles. The Balaban J connectivity index is 3.79. The maximum absolute atomic E-state index is 12.6. The van der Waals surface area contributed by atoms with Crippen molar-refractivity contribution in [1.29, 1.82) is 0 Å². The molecule has 10 heteroatoms. The molecule has 0 radical (unpaired) electrons. The third-order valence-corrected chi connectivity index (χ3v) is 14.3. The van der Waals surface area contributed by atoms with Crippen molar-refractivity contribution in [3.05, 3.63) is 36.5 Å². The van der Waals surface area contributed by atoms with Crippen molar-refractivity contribution in [2.24, 2.45) is 5.73 Å². The predicted molar refractivity (Wildman–Crippen MR) is 298 cm³/mol. The van der Waals surface area contributed by atoms with Crippen molar-refractivity contribution in [1.82, 2.24) is 0 Å². The molecule has 2 atom stereocenters. The van der Waals surface area contributed by atoms with Gasteiger partial charge in [-0.1, -0.05) is 281 Å². The van der Waals surface area contributed by atoms with Crippen molar-refractivity contribution in [3.63, 3.8) is 0 Å². The third-order valence-electron chi connectivity index (χ3n) is 13.3. The molecule has 0 amide bonds. The van der Waals surface area contributed by atoms with Crippen LogP contribution in [0.1, 0.15) is 303 Å². The summed E-state index contributed by atoms with van der Waals surface area (Å²) < 4.78 is 33.0. The van der Waals surface area contributed by atoms with Crippen molar-refractivity contribution in [2.45, 2.75) is 309 Å². The van der Waals surface area contributed by atoms with Gasteiger partial charge < -0.3 is 20.1 Å². The average molecular weight is 1010 g/mol. The van der Waals surface area contributed by atoms with Crippen LogP contribution >= 0.6 is 7.82 Å². The van der Waals surface area contributed by atoms with Crippen LogP contribution in [0.3, 0.4) is 0 Å². The molecule has 9 nitrogen and oxygen atoms in total. The SMILES string of the molecule is CC/C=C\C/C=C\C/C=C\CCCCCCCC(=O)OC(COC(=O)CCCCCCCCCCCCCCCCCCCCCCCCCCCCCCCCCCCC)COP(=O)(O)OCCN. The zero-order chi connectivity index (χ0) is 51.0. The highest BCUT2D eigenvalue weighted by molar-refractivity contribution is 7.47. The maximum Gasteiger partial charge on any atom is 0.472 e. The minimum Gasteiger partial charge on any atom is -0.462 e. The summed E-state index contributed by atoms with van der Waals surface area (Å²) in [6, 6.07) is 0. The highest BCUT2D eigenvalue weighted by atomic mass is 31.2. The van der Waals surface area contributed by atoms with Crippen molar-refractivity contribution in [3.8, 4) is 0 Å². The molecule has 0 spiro atoms. The van der Waals surface area contributed by atoms with Crippen LogP contribution in [-0.2, 0) is 32.7 Å². The first-order valence-corrected chi connectivity index (χ1v) is 31.5. The standard InChI is InChI=1S/C60H114NO8P/c1-3-5-7-9-11-13-15-17-19-20-21-22-23-24-25-26-27-28-29-30-31-32-33-34-35-36-37-39-40-42-44-46-48-50-52-59(62)66-56-58(57-68-70(64,65)67-55-54-61)69-60(63)53-51-49-47-45-43-41-38-18-16-14-12-10-8-6-4-2/h6,8,12,14,18,38,58H,3-5,7,9-11,13,15-17,19-37,39-57,61H2,1-2H3,(H,64,65)/b8-6-,14-12-,38-18-. The van der Waals surface area contributed by atoms with E-state index in [1.54, 1.807) is 0 Å². The Bertz CT molecular complexity index is 1240. The molecule has 0 aliphatic rings. The molecule has 70 heavy (non-hydrogen) atoms. The molecular weight excluding hydrogens is 894 g/mol. The number of ether oxygens (including phenoxy) is 2. The summed E-state index contributed by atoms with van der Waals surface area (Å²) >= 11 is 0. The van der Waals surface area contributed by atoms with E-state index >= 15 is 0 Å². The van der Waals surface area contributed by atoms with Gasteiger partial charge in [-0.25, -0.2) is 4.57 Å². The van der Waals surface area contributed by atoms with Crippen molar-refractivity contribution < 1.29 is 37.6 Å². The number of unbranched alkanes of at least 4 members (excludes halogenated alkanes) is 38. The number of nitrogens with two attached hydrogens (primary N) is 1. The highest BCUT2D eigenvalue weighted by Gasteiger charge is 2.26. The molecule has 0 fully saturated rings. The van der Waals surface area contributed by atoms with Crippen LogP contribution in [0.5, 0.6) is 0 Å². The molecular formula is C60H114NO8P. The lowest BCUT2D eigenvalue weighted by Gasteiger charge is -2.19. The molecule has 0 saturated carbocycles. The first-order chi connectivity index (χ1) is 34.3. The van der Waals surface area contributed by atoms with Crippen LogP contribution in [0.25, 0.3) is 0 Å². The van der Waals surface area contributed by atoms with E-state index in [0.717, 1.165) is 70.6 Å². The normalized spacial score (nSPS) is 13.3. The molecule has 0 heterocycles. The van der Waals surface area contributed by atoms with E-state index in [1.807, 2.05) is 0 Å². The van der Waals surface area contributed by atoms with Crippen LogP contribution in [0.2, 0.25) is 0 Å². The van der Waals surface area contributed by atoms with E-state index in [2.05, 4.69) is 50.3 Å². The Morgan fingerprint density at radius 1 is 0.443 bits per heavy atom. The van der Waals surface area contributed by atoms with Gasteiger partial charge in [0.05, 0.1) is 13.2 Å². The fourth-order valence-corrected chi connectivity index (χ4v) is 9.65. The molecule has 0 bridgehead atoms. The first kappa shape index (κ1) is 68.2. The Morgan fingerprint density at radius 3 is 1.17 bits per heavy atom. The van der Waals surface area contributed by atoms with E-state index in [0.29, 0.717) is 6.42 Å². The number of phosphoric ester groups is 1. The number of carbonyl (C=O) groups excluding carboxylic acids is 2. The number of hydrogen-bond acceptors (Lipinski definition) is 8. The van der Waals surface area contributed by atoms with Gasteiger partial charge in [-0.3, -0.25) is 18.6 Å². The van der Waals surface area contributed by atoms with Crippen LogP contribution in [0, 0.1) is 0 Å². The lowest BCUT2D eigenvalue weighted by Crippen LogP contribution is -2.29. The first-order valence-electron chi connectivity index (χ1n) is 30.0. The molecule has 2 unspecified atom stereocenters. The molecule has 0 saturated heterocycles. The summed E-state index contributed by atoms with van der Waals surface area (Å²) in [4.78, 5) is 35.1. The largest absolute Gasteiger partial charge is 0.472 e. The Morgan fingerprint density at radius 2 is 0.786 bits per heavy atom. The van der Waals surface area contributed by atoms with E-state index in [-0.39, 0.29) is 38.6 Å². The van der Waals surface area contributed by atoms with Gasteiger partial charge in [0.2, 0.25) is 0 Å². The van der Waals surface area contributed by atoms with Gasteiger partial charge in [-0.05, 0) is 44.9 Å². The fraction of sp³-hybridized carbons (Fsp3) is 0.867. The number of hydrogen-bond donors (Lipinski definition) is 2. The monoisotopic (exact) mass is 1010 g/mol. The minimum atomic E-state index is -4.39. The molecule has 3 N–H and O–H groups in total. The molecule has 0 aromatic rings. The van der Waals surface area contributed by atoms with Crippen LogP contribution in [0.4, 0.5) is 0 Å². The summed E-state index contributed by atoms with van der Waals surface area (Å²) in [5.74, 6) is -0.835. The molecule has 0 aromatic heterocycles. The van der Waals surface area contributed by atoms with E-state index in [1.165, 1.54) is 199 Å². The van der Waals surface area contributed by atoms with Crippen molar-refractivity contribution >= 4 is 19.8 Å². The molecule has 0 aromatic carbocycles. The lowest BCUT2D eigenvalue weighted by molar-refractivity contribution is -0.161. The van der Waals surface area contributed by atoms with Gasteiger partial charge in [0.25, 0.3) is 0 Å². The smallest absolute Gasteiger partial charge is 0.462 e.